The number of carbonyl (C=O) groups is 1. The van der Waals surface area contributed by atoms with Gasteiger partial charge in [0.2, 0.25) is 0 Å². The van der Waals surface area contributed by atoms with Gasteiger partial charge in [-0.25, -0.2) is 0 Å². The second kappa shape index (κ2) is 6.86. The monoisotopic (exact) mass is 398 g/mol. The molecule has 0 saturated carbocycles. The number of carbonyl (C=O) groups excluding carboxylic acids is 1. The lowest BCUT2D eigenvalue weighted by atomic mass is 10.0. The average molecular weight is 399 g/mol. The standard InChI is InChI=1S/C18H14ClF3N2O3/c1-27-14-4-2-3-12(9-14)16(25)24-17(26,18(20,21)22)10-15(23-24)11-5-7-13(19)8-6-11/h2-9,26H,10H2,1H3/t17-/m1/s1. The zero-order chi connectivity index (χ0) is 19.8. The molecule has 0 aliphatic carbocycles. The first-order chi connectivity index (χ1) is 12.7. The minimum absolute atomic E-state index is 0.0751. The van der Waals surface area contributed by atoms with Crippen LogP contribution in [0.1, 0.15) is 22.3 Å². The number of benzene rings is 2. The normalized spacial score (nSPS) is 19.8. The van der Waals surface area contributed by atoms with Gasteiger partial charge in [-0.3, -0.25) is 4.79 Å². The number of rotatable bonds is 3. The Morgan fingerprint density at radius 2 is 1.93 bits per heavy atom. The number of hydrogen-bond acceptors (Lipinski definition) is 4. The largest absolute Gasteiger partial charge is 0.497 e. The molecule has 0 unspecified atom stereocenters. The maximum Gasteiger partial charge on any atom is 0.438 e. The molecule has 1 heterocycles. The van der Waals surface area contributed by atoms with E-state index in [9.17, 15) is 23.1 Å². The lowest BCUT2D eigenvalue weighted by Crippen LogP contribution is -2.56. The van der Waals surface area contributed by atoms with Crippen LogP contribution in [0, 0.1) is 0 Å². The zero-order valence-corrected chi connectivity index (χ0v) is 14.8. The summed E-state index contributed by atoms with van der Waals surface area (Å²) in [5.74, 6) is -0.810. The third-order valence-corrected chi connectivity index (χ3v) is 4.38. The van der Waals surface area contributed by atoms with Crippen LogP contribution in [0.4, 0.5) is 13.2 Å². The summed E-state index contributed by atoms with van der Waals surface area (Å²) in [4.78, 5) is 12.7. The van der Waals surface area contributed by atoms with Crippen molar-refractivity contribution in [3.63, 3.8) is 0 Å². The van der Waals surface area contributed by atoms with E-state index in [0.717, 1.165) is 0 Å². The van der Waals surface area contributed by atoms with Crippen LogP contribution in [0.5, 0.6) is 5.75 Å². The second-order valence-electron chi connectivity index (χ2n) is 5.89. The number of hydrogen-bond donors (Lipinski definition) is 1. The van der Waals surface area contributed by atoms with Crippen molar-refractivity contribution in [2.75, 3.05) is 7.11 Å². The van der Waals surface area contributed by atoms with Gasteiger partial charge in [-0.15, -0.1) is 0 Å². The number of hydrazone groups is 1. The Bertz CT molecular complexity index is 899. The Morgan fingerprint density at radius 1 is 1.26 bits per heavy atom. The summed E-state index contributed by atoms with van der Waals surface area (Å²) in [7, 11) is 1.36. The van der Waals surface area contributed by atoms with Crippen molar-refractivity contribution in [3.05, 3.63) is 64.7 Å². The van der Waals surface area contributed by atoms with E-state index >= 15 is 0 Å². The summed E-state index contributed by atoms with van der Waals surface area (Å²) < 4.78 is 45.8. The first kappa shape index (κ1) is 19.2. The van der Waals surface area contributed by atoms with Crippen molar-refractivity contribution in [3.8, 4) is 5.75 Å². The van der Waals surface area contributed by atoms with Crippen molar-refractivity contribution in [1.82, 2.24) is 5.01 Å². The van der Waals surface area contributed by atoms with Gasteiger partial charge >= 0.3 is 6.18 Å². The van der Waals surface area contributed by atoms with Crippen molar-refractivity contribution in [1.29, 1.82) is 0 Å². The van der Waals surface area contributed by atoms with Crippen LogP contribution >= 0.6 is 11.6 Å². The van der Waals surface area contributed by atoms with E-state index in [2.05, 4.69) is 5.10 Å². The molecule has 2 aromatic rings. The smallest absolute Gasteiger partial charge is 0.438 e. The molecular formula is C18H14ClF3N2O3. The van der Waals surface area contributed by atoms with Gasteiger partial charge in [0.1, 0.15) is 5.75 Å². The molecule has 9 heteroatoms. The predicted octanol–water partition coefficient (Wildman–Crippen LogP) is 3.85. The molecule has 1 N–H and O–H groups in total. The number of nitrogens with zero attached hydrogens (tertiary/aromatic N) is 2. The fourth-order valence-corrected chi connectivity index (χ4v) is 2.79. The highest BCUT2D eigenvalue weighted by Crippen LogP contribution is 2.42. The average Bonchev–Trinajstić information content (AvgIpc) is 3.00. The number of ether oxygens (including phenoxy) is 1. The van der Waals surface area contributed by atoms with Gasteiger partial charge in [-0.05, 0) is 35.9 Å². The molecule has 0 fully saturated rings. The van der Waals surface area contributed by atoms with Crippen molar-refractivity contribution < 1.29 is 27.8 Å². The van der Waals surface area contributed by atoms with E-state index in [1.165, 1.54) is 49.6 Å². The number of aliphatic hydroxyl groups is 1. The fourth-order valence-electron chi connectivity index (χ4n) is 2.66. The number of alkyl halides is 3. The molecule has 0 aromatic heterocycles. The summed E-state index contributed by atoms with van der Waals surface area (Å²) >= 11 is 5.79. The molecule has 2 aromatic carbocycles. The van der Waals surface area contributed by atoms with Crippen LogP contribution in [0.15, 0.2) is 53.6 Å². The van der Waals surface area contributed by atoms with Gasteiger partial charge in [0.25, 0.3) is 11.6 Å². The van der Waals surface area contributed by atoms with E-state index < -0.39 is 24.2 Å². The lowest BCUT2D eigenvalue weighted by Gasteiger charge is -2.32. The molecule has 142 valence electrons. The molecule has 0 saturated heterocycles. The summed E-state index contributed by atoms with van der Waals surface area (Å²) in [6.07, 6.45) is -6.01. The second-order valence-corrected chi connectivity index (χ2v) is 6.33. The van der Waals surface area contributed by atoms with Gasteiger partial charge in [0, 0.05) is 10.6 Å². The van der Waals surface area contributed by atoms with Gasteiger partial charge in [-0.2, -0.15) is 23.3 Å². The zero-order valence-electron chi connectivity index (χ0n) is 14.0. The van der Waals surface area contributed by atoms with Crippen molar-refractivity contribution in [2.24, 2.45) is 5.10 Å². The number of methoxy groups -OCH3 is 1. The maximum atomic E-state index is 13.6. The SMILES string of the molecule is COc1cccc(C(=O)N2N=C(c3ccc(Cl)cc3)C[C@@]2(O)C(F)(F)F)c1. The Balaban J connectivity index is 2.04. The molecule has 0 radical (unpaired) electrons. The molecule has 3 rings (SSSR count). The van der Waals surface area contributed by atoms with Crippen molar-refractivity contribution >= 4 is 23.2 Å². The van der Waals surface area contributed by atoms with E-state index in [1.54, 1.807) is 6.07 Å². The van der Waals surface area contributed by atoms with E-state index in [0.29, 0.717) is 10.6 Å². The van der Waals surface area contributed by atoms with E-state index in [4.69, 9.17) is 16.3 Å². The van der Waals surface area contributed by atoms with Crippen LogP contribution in [-0.4, -0.2) is 40.7 Å². The number of amides is 1. The highest BCUT2D eigenvalue weighted by Gasteiger charge is 2.63. The summed E-state index contributed by atoms with van der Waals surface area (Å²) in [6.45, 7) is 0. The molecule has 1 amide bonds. The molecular weight excluding hydrogens is 385 g/mol. The molecule has 5 nitrogen and oxygen atoms in total. The van der Waals surface area contributed by atoms with Crippen LogP contribution in [0.25, 0.3) is 0 Å². The van der Waals surface area contributed by atoms with E-state index in [-0.39, 0.29) is 22.0 Å². The minimum Gasteiger partial charge on any atom is -0.497 e. The summed E-state index contributed by atoms with van der Waals surface area (Å²) in [5.41, 5.74) is -3.31. The first-order valence-electron chi connectivity index (χ1n) is 7.77. The van der Waals surface area contributed by atoms with Gasteiger partial charge in [0.15, 0.2) is 0 Å². The van der Waals surface area contributed by atoms with Gasteiger partial charge in [-0.1, -0.05) is 29.8 Å². The third kappa shape index (κ3) is 3.50. The third-order valence-electron chi connectivity index (χ3n) is 4.13. The van der Waals surface area contributed by atoms with Crippen molar-refractivity contribution in [2.45, 2.75) is 18.3 Å². The maximum absolute atomic E-state index is 13.6. The molecule has 1 aliphatic rings. The Hall–Kier alpha value is -2.58. The van der Waals surface area contributed by atoms with Gasteiger partial charge in [0.05, 0.1) is 19.2 Å². The number of halogens is 4. The van der Waals surface area contributed by atoms with Crippen LogP contribution in [0.3, 0.4) is 0 Å². The van der Waals surface area contributed by atoms with Crippen LogP contribution in [0.2, 0.25) is 5.02 Å². The predicted molar refractivity (Wildman–Crippen MR) is 92.8 cm³/mol. The highest BCUT2D eigenvalue weighted by atomic mass is 35.5. The Labute approximate surface area is 157 Å². The lowest BCUT2D eigenvalue weighted by molar-refractivity contribution is -0.297. The molecule has 1 aliphatic heterocycles. The van der Waals surface area contributed by atoms with Crippen LogP contribution in [-0.2, 0) is 0 Å². The van der Waals surface area contributed by atoms with Crippen LogP contribution < -0.4 is 4.74 Å². The molecule has 27 heavy (non-hydrogen) atoms. The highest BCUT2D eigenvalue weighted by molar-refractivity contribution is 6.30. The summed E-state index contributed by atoms with van der Waals surface area (Å²) in [6, 6.07) is 11.5. The Kier molecular flexibility index (Phi) is 4.88. The quantitative estimate of drug-likeness (QED) is 0.854. The van der Waals surface area contributed by atoms with E-state index in [1.807, 2.05) is 0 Å². The summed E-state index contributed by atoms with van der Waals surface area (Å²) in [5, 5.41) is 14.6. The molecule has 1 atom stereocenters. The first-order valence-corrected chi connectivity index (χ1v) is 8.14. The topological polar surface area (TPSA) is 62.1 Å². The molecule has 0 bridgehead atoms. The van der Waals surface area contributed by atoms with Gasteiger partial charge < -0.3 is 9.84 Å². The minimum atomic E-state index is -5.11. The molecule has 0 spiro atoms. The Morgan fingerprint density at radius 3 is 2.52 bits per heavy atom. The fraction of sp³-hybridized carbons (Fsp3) is 0.222.